The second-order valence-corrected chi connectivity index (χ2v) is 5.29. The molecular formula is C18H22FN3O. The maximum absolute atomic E-state index is 12.5. The summed E-state index contributed by atoms with van der Waals surface area (Å²) in [6.45, 7) is 3.66. The number of anilines is 1. The van der Waals surface area contributed by atoms with Crippen LogP contribution in [-0.2, 0) is 11.2 Å². The molecule has 4 nitrogen and oxygen atoms in total. The number of nitrogens with one attached hydrogen (secondary N) is 1. The summed E-state index contributed by atoms with van der Waals surface area (Å²) in [5.41, 5.74) is 3.78. The average molecular weight is 315 g/mol. The van der Waals surface area contributed by atoms with E-state index in [1.54, 1.807) is 18.9 Å². The van der Waals surface area contributed by atoms with E-state index in [0.29, 0.717) is 18.8 Å². The number of allylic oxidation sites excluding steroid dienone is 2. The zero-order chi connectivity index (χ0) is 16.8. The molecule has 0 aliphatic carbocycles. The van der Waals surface area contributed by atoms with Gasteiger partial charge in [-0.3, -0.25) is 9.79 Å². The topological polar surface area (TPSA) is 44.7 Å². The van der Waals surface area contributed by atoms with E-state index in [4.69, 9.17) is 0 Å². The maximum atomic E-state index is 12.5. The lowest BCUT2D eigenvalue weighted by atomic mass is 10.1. The second kappa shape index (κ2) is 7.72. The number of amidine groups is 1. The van der Waals surface area contributed by atoms with Crippen molar-refractivity contribution in [3.63, 3.8) is 0 Å². The van der Waals surface area contributed by atoms with Crippen molar-refractivity contribution < 1.29 is 9.18 Å². The molecule has 0 bridgehead atoms. The number of hydrogen-bond donors (Lipinski definition) is 1. The van der Waals surface area contributed by atoms with Crippen molar-refractivity contribution in [2.75, 3.05) is 25.2 Å². The van der Waals surface area contributed by atoms with Gasteiger partial charge in [-0.25, -0.2) is 4.39 Å². The van der Waals surface area contributed by atoms with Crippen LogP contribution < -0.4 is 10.2 Å². The van der Waals surface area contributed by atoms with Gasteiger partial charge in [-0.05, 0) is 36.8 Å². The van der Waals surface area contributed by atoms with Crippen LogP contribution in [0.15, 0.2) is 52.7 Å². The van der Waals surface area contributed by atoms with Gasteiger partial charge in [-0.2, -0.15) is 0 Å². The van der Waals surface area contributed by atoms with Gasteiger partial charge in [0.2, 0.25) is 5.91 Å². The summed E-state index contributed by atoms with van der Waals surface area (Å²) in [7, 11) is 1.68. The minimum Gasteiger partial charge on any atom is -0.343 e. The number of alkyl halides is 1. The molecule has 0 radical (unpaired) electrons. The Morgan fingerprint density at radius 3 is 2.57 bits per heavy atom. The normalized spacial score (nSPS) is 17.3. The smallest absolute Gasteiger partial charge is 0.223 e. The standard InChI is InChI=1S/C18H22FN3O/c1-4-22(13(2)23)17-7-5-14(6-8-17)11-16-12-15(9-10-19)18(20-3)21-16/h5-9,12H,4,10-11H2,1-3H3,(H,20,21)/b15-9-. The third kappa shape index (κ3) is 4.06. The molecule has 1 aromatic rings. The Morgan fingerprint density at radius 1 is 1.35 bits per heavy atom. The average Bonchev–Trinajstić information content (AvgIpc) is 2.91. The van der Waals surface area contributed by atoms with Gasteiger partial charge in [0, 0.05) is 43.9 Å². The summed E-state index contributed by atoms with van der Waals surface area (Å²) in [4.78, 5) is 17.4. The number of amides is 1. The summed E-state index contributed by atoms with van der Waals surface area (Å²) in [5, 5.41) is 3.20. The van der Waals surface area contributed by atoms with E-state index >= 15 is 0 Å². The lowest BCUT2D eigenvalue weighted by Gasteiger charge is -2.19. The fourth-order valence-electron chi connectivity index (χ4n) is 2.64. The molecule has 1 aliphatic rings. The largest absolute Gasteiger partial charge is 0.343 e. The molecule has 2 rings (SSSR count). The number of carbonyl (C=O) groups excluding carboxylic acids is 1. The van der Waals surface area contributed by atoms with Crippen LogP contribution in [0.2, 0.25) is 0 Å². The maximum Gasteiger partial charge on any atom is 0.223 e. The summed E-state index contributed by atoms with van der Waals surface area (Å²) in [6, 6.07) is 7.90. The van der Waals surface area contributed by atoms with Crippen molar-refractivity contribution in [3.8, 4) is 0 Å². The first-order valence-corrected chi connectivity index (χ1v) is 7.67. The number of aliphatic imine (C=N–C) groups is 1. The summed E-state index contributed by atoms with van der Waals surface area (Å²) < 4.78 is 12.5. The predicted molar refractivity (Wildman–Crippen MR) is 92.5 cm³/mol. The summed E-state index contributed by atoms with van der Waals surface area (Å²) in [6.07, 6.45) is 4.14. The van der Waals surface area contributed by atoms with E-state index < -0.39 is 6.67 Å². The first kappa shape index (κ1) is 16.9. The highest BCUT2D eigenvalue weighted by molar-refractivity contribution is 6.04. The molecule has 0 spiro atoms. The summed E-state index contributed by atoms with van der Waals surface area (Å²) >= 11 is 0. The van der Waals surface area contributed by atoms with E-state index in [1.165, 1.54) is 6.08 Å². The van der Waals surface area contributed by atoms with Crippen molar-refractivity contribution >= 4 is 17.4 Å². The Bertz CT molecular complexity index is 659. The van der Waals surface area contributed by atoms with E-state index in [0.717, 1.165) is 22.5 Å². The van der Waals surface area contributed by atoms with Gasteiger partial charge >= 0.3 is 0 Å². The molecule has 0 atom stereocenters. The Balaban J connectivity index is 2.12. The number of nitrogens with zero attached hydrogens (tertiary/aromatic N) is 2. The van der Waals surface area contributed by atoms with Crippen molar-refractivity contribution in [2.24, 2.45) is 4.99 Å². The van der Waals surface area contributed by atoms with Gasteiger partial charge in [0.05, 0.1) is 0 Å². The van der Waals surface area contributed by atoms with Crippen LogP contribution in [0.4, 0.5) is 10.1 Å². The molecule has 1 amide bonds. The predicted octanol–water partition coefficient (Wildman–Crippen LogP) is 3.01. The van der Waals surface area contributed by atoms with Crippen LogP contribution in [0.25, 0.3) is 0 Å². The first-order valence-electron chi connectivity index (χ1n) is 7.67. The van der Waals surface area contributed by atoms with Crippen LogP contribution in [-0.4, -0.2) is 32.0 Å². The highest BCUT2D eigenvalue weighted by Gasteiger charge is 2.15. The van der Waals surface area contributed by atoms with Crippen LogP contribution in [0, 0.1) is 0 Å². The van der Waals surface area contributed by atoms with Gasteiger partial charge < -0.3 is 10.2 Å². The van der Waals surface area contributed by atoms with E-state index in [-0.39, 0.29) is 5.91 Å². The third-order valence-electron chi connectivity index (χ3n) is 3.74. The zero-order valence-corrected chi connectivity index (χ0v) is 13.8. The number of hydrogen-bond acceptors (Lipinski definition) is 2. The number of benzene rings is 1. The Morgan fingerprint density at radius 2 is 2.04 bits per heavy atom. The molecule has 0 fully saturated rings. The molecular weight excluding hydrogens is 293 g/mol. The molecule has 1 N–H and O–H groups in total. The van der Waals surface area contributed by atoms with Crippen molar-refractivity contribution in [1.29, 1.82) is 0 Å². The van der Waals surface area contributed by atoms with E-state index in [9.17, 15) is 9.18 Å². The second-order valence-electron chi connectivity index (χ2n) is 5.29. The van der Waals surface area contributed by atoms with Gasteiger partial charge in [0.1, 0.15) is 12.5 Å². The molecule has 0 saturated carbocycles. The molecule has 1 aliphatic heterocycles. The lowest BCUT2D eigenvalue weighted by Crippen LogP contribution is -2.27. The van der Waals surface area contributed by atoms with Crippen molar-refractivity contribution in [1.82, 2.24) is 5.32 Å². The zero-order valence-electron chi connectivity index (χ0n) is 13.8. The minimum absolute atomic E-state index is 0.0326. The highest BCUT2D eigenvalue weighted by atomic mass is 19.1. The minimum atomic E-state index is -0.508. The Labute approximate surface area is 136 Å². The lowest BCUT2D eigenvalue weighted by molar-refractivity contribution is -0.116. The van der Waals surface area contributed by atoms with Gasteiger partial charge in [0.25, 0.3) is 0 Å². The SMILES string of the molecule is CCN(C(C)=O)c1ccc(CC2=CC(=C/CF)/C(=N\C)N2)cc1. The monoisotopic (exact) mass is 315 g/mol. The van der Waals surface area contributed by atoms with Crippen LogP contribution in [0.3, 0.4) is 0 Å². The molecule has 0 aromatic heterocycles. The summed E-state index contributed by atoms with van der Waals surface area (Å²) in [5.74, 6) is 0.730. The van der Waals surface area contributed by atoms with E-state index in [1.807, 2.05) is 37.3 Å². The number of rotatable bonds is 5. The Hall–Kier alpha value is -2.43. The number of carbonyl (C=O) groups is 1. The van der Waals surface area contributed by atoms with E-state index in [2.05, 4.69) is 10.3 Å². The molecule has 5 heteroatoms. The first-order chi connectivity index (χ1) is 11.1. The molecule has 23 heavy (non-hydrogen) atoms. The van der Waals surface area contributed by atoms with Gasteiger partial charge in [0.15, 0.2) is 0 Å². The van der Waals surface area contributed by atoms with Gasteiger partial charge in [-0.15, -0.1) is 0 Å². The fourth-order valence-corrected chi connectivity index (χ4v) is 2.64. The molecule has 1 heterocycles. The number of halogens is 1. The quantitative estimate of drug-likeness (QED) is 0.908. The fraction of sp³-hybridized carbons (Fsp3) is 0.333. The third-order valence-corrected chi connectivity index (χ3v) is 3.74. The van der Waals surface area contributed by atoms with Crippen molar-refractivity contribution in [3.05, 3.63) is 53.3 Å². The van der Waals surface area contributed by atoms with Gasteiger partial charge in [-0.1, -0.05) is 12.1 Å². The van der Waals surface area contributed by atoms with Crippen LogP contribution in [0.5, 0.6) is 0 Å². The molecule has 122 valence electrons. The molecule has 0 unspecified atom stereocenters. The molecule has 0 saturated heterocycles. The van der Waals surface area contributed by atoms with Crippen LogP contribution in [0.1, 0.15) is 19.4 Å². The Kier molecular flexibility index (Phi) is 5.68. The van der Waals surface area contributed by atoms with Crippen LogP contribution >= 0.6 is 0 Å². The highest BCUT2D eigenvalue weighted by Crippen LogP contribution is 2.19. The molecule has 1 aromatic carbocycles. The van der Waals surface area contributed by atoms with Crippen molar-refractivity contribution in [2.45, 2.75) is 20.3 Å².